The fourth-order valence-corrected chi connectivity index (χ4v) is 3.58. The number of hydrogen-bond donors (Lipinski definition) is 1. The summed E-state index contributed by atoms with van der Waals surface area (Å²) in [7, 11) is 1.77. The molecule has 2 aliphatic rings. The topological polar surface area (TPSA) is 85.8 Å². The molecule has 2 aliphatic carbocycles. The molecule has 7 nitrogen and oxygen atoms in total. The summed E-state index contributed by atoms with van der Waals surface area (Å²) in [5.74, 6) is 1.76. The van der Waals surface area contributed by atoms with Crippen molar-refractivity contribution in [3.63, 3.8) is 0 Å². The number of carbonyl (C=O) groups excluding carboxylic acids is 1. The van der Waals surface area contributed by atoms with Crippen molar-refractivity contribution < 1.29 is 9.32 Å². The van der Waals surface area contributed by atoms with Crippen LogP contribution in [0.1, 0.15) is 58.7 Å². The predicted octanol–water partition coefficient (Wildman–Crippen LogP) is 2.76. The minimum atomic E-state index is -0.0980. The number of nitrogens with one attached hydrogen (secondary N) is 1. The van der Waals surface area contributed by atoms with Crippen molar-refractivity contribution in [3.8, 4) is 11.4 Å². The Balaban J connectivity index is 1.36. The zero-order valence-electron chi connectivity index (χ0n) is 14.5. The smallest absolute Gasteiger partial charge is 0.270 e. The van der Waals surface area contributed by atoms with Gasteiger partial charge in [0, 0.05) is 24.7 Å². The molecular weight excluding hydrogens is 330 g/mol. The first-order valence-electron chi connectivity index (χ1n) is 8.95. The van der Waals surface area contributed by atoms with E-state index in [1.807, 2.05) is 6.07 Å². The second-order valence-electron chi connectivity index (χ2n) is 7.05. The van der Waals surface area contributed by atoms with Gasteiger partial charge in [-0.05, 0) is 48.9 Å². The van der Waals surface area contributed by atoms with Crippen LogP contribution in [0.25, 0.3) is 11.4 Å². The highest BCUT2D eigenvalue weighted by Crippen LogP contribution is 2.40. The molecule has 0 bridgehead atoms. The molecule has 0 saturated heterocycles. The minimum Gasteiger partial charge on any atom is -0.344 e. The maximum Gasteiger partial charge on any atom is 0.270 e. The van der Waals surface area contributed by atoms with Gasteiger partial charge in [-0.2, -0.15) is 10.1 Å². The molecule has 1 N–H and O–H groups in total. The quantitative estimate of drug-likeness (QED) is 0.783. The third-order valence-electron chi connectivity index (χ3n) is 5.21. The summed E-state index contributed by atoms with van der Waals surface area (Å²) in [4.78, 5) is 17.0. The number of aryl methyl sites for hydroxylation is 2. The van der Waals surface area contributed by atoms with Crippen molar-refractivity contribution in [3.05, 3.63) is 53.2 Å². The Bertz CT molecular complexity index is 985. The average Bonchev–Trinajstić information content (AvgIpc) is 3.05. The molecule has 7 heteroatoms. The summed E-state index contributed by atoms with van der Waals surface area (Å²) in [6, 6.07) is 7.94. The first-order valence-corrected chi connectivity index (χ1v) is 8.95. The Labute approximate surface area is 150 Å². The maximum atomic E-state index is 12.4. The molecule has 0 unspecified atom stereocenters. The highest BCUT2D eigenvalue weighted by atomic mass is 16.5. The monoisotopic (exact) mass is 349 g/mol. The Morgan fingerprint density at radius 2 is 2.15 bits per heavy atom. The Morgan fingerprint density at radius 3 is 2.92 bits per heavy atom. The number of hydrogen-bond acceptors (Lipinski definition) is 5. The second kappa shape index (κ2) is 5.79. The molecule has 0 spiro atoms. The number of rotatable bonds is 4. The zero-order chi connectivity index (χ0) is 17.7. The van der Waals surface area contributed by atoms with Crippen LogP contribution in [0.15, 0.2) is 35.0 Å². The van der Waals surface area contributed by atoms with Gasteiger partial charge >= 0.3 is 0 Å². The van der Waals surface area contributed by atoms with E-state index >= 15 is 0 Å². The molecule has 132 valence electrons. The predicted molar refractivity (Wildman–Crippen MR) is 93.4 cm³/mol. The molecule has 2 aromatic heterocycles. The van der Waals surface area contributed by atoms with Crippen LogP contribution < -0.4 is 5.32 Å². The van der Waals surface area contributed by atoms with E-state index in [2.05, 4.69) is 32.7 Å². The molecule has 1 saturated carbocycles. The summed E-state index contributed by atoms with van der Waals surface area (Å²) < 4.78 is 6.95. The van der Waals surface area contributed by atoms with Crippen molar-refractivity contribution in [2.75, 3.05) is 0 Å². The van der Waals surface area contributed by atoms with E-state index in [1.54, 1.807) is 24.0 Å². The number of fused-ring (bicyclic) bond motifs is 1. The number of aromatic nitrogens is 4. The van der Waals surface area contributed by atoms with Crippen LogP contribution in [0, 0.1) is 0 Å². The molecule has 2 heterocycles. The molecule has 5 rings (SSSR count). The molecule has 1 amide bonds. The van der Waals surface area contributed by atoms with Crippen LogP contribution in [0.5, 0.6) is 0 Å². The van der Waals surface area contributed by atoms with E-state index in [1.165, 1.54) is 5.56 Å². The van der Waals surface area contributed by atoms with Gasteiger partial charge in [-0.3, -0.25) is 9.48 Å². The van der Waals surface area contributed by atoms with Crippen LogP contribution in [-0.2, 0) is 13.5 Å². The Morgan fingerprint density at radius 1 is 1.27 bits per heavy atom. The van der Waals surface area contributed by atoms with Crippen molar-refractivity contribution in [1.29, 1.82) is 0 Å². The van der Waals surface area contributed by atoms with Crippen molar-refractivity contribution in [2.24, 2.45) is 7.05 Å². The van der Waals surface area contributed by atoms with Crippen LogP contribution in [0.4, 0.5) is 0 Å². The largest absolute Gasteiger partial charge is 0.344 e. The first kappa shape index (κ1) is 15.3. The van der Waals surface area contributed by atoms with Crippen molar-refractivity contribution in [2.45, 2.75) is 37.6 Å². The maximum absolute atomic E-state index is 12.4. The average molecular weight is 349 g/mol. The number of benzene rings is 1. The SMILES string of the molecule is Cn1nccc1C(=O)N[C@@H]1CCc2cc(-c3noc(C4CC4)n3)ccc21. The molecule has 1 atom stereocenters. The second-order valence-corrected chi connectivity index (χ2v) is 7.05. The van der Waals surface area contributed by atoms with Gasteiger partial charge in [0.25, 0.3) is 5.91 Å². The lowest BCUT2D eigenvalue weighted by molar-refractivity contribution is 0.0927. The van der Waals surface area contributed by atoms with E-state index in [9.17, 15) is 4.79 Å². The molecule has 3 aromatic rings. The lowest BCUT2D eigenvalue weighted by atomic mass is 10.0. The van der Waals surface area contributed by atoms with Crippen molar-refractivity contribution in [1.82, 2.24) is 25.2 Å². The summed E-state index contributed by atoms with van der Waals surface area (Å²) in [6.07, 6.45) is 5.73. The Kier molecular flexibility index (Phi) is 3.41. The Hall–Kier alpha value is -2.96. The van der Waals surface area contributed by atoms with Gasteiger partial charge in [-0.15, -0.1) is 0 Å². The number of carbonyl (C=O) groups is 1. The van der Waals surface area contributed by atoms with Gasteiger partial charge in [0.05, 0.1) is 6.04 Å². The minimum absolute atomic E-state index is 0.0220. The van der Waals surface area contributed by atoms with Crippen molar-refractivity contribution >= 4 is 5.91 Å². The first-order chi connectivity index (χ1) is 12.7. The van der Waals surface area contributed by atoms with E-state index in [-0.39, 0.29) is 11.9 Å². The van der Waals surface area contributed by atoms with Crippen LogP contribution in [0.3, 0.4) is 0 Å². The molecule has 26 heavy (non-hydrogen) atoms. The summed E-state index contributed by atoms with van der Waals surface area (Å²) in [6.45, 7) is 0. The molecule has 0 radical (unpaired) electrons. The van der Waals surface area contributed by atoms with Gasteiger partial charge in [0.1, 0.15) is 5.69 Å². The van der Waals surface area contributed by atoms with Gasteiger partial charge in [-0.1, -0.05) is 17.3 Å². The van der Waals surface area contributed by atoms with E-state index in [0.29, 0.717) is 17.4 Å². The fourth-order valence-electron chi connectivity index (χ4n) is 3.58. The van der Waals surface area contributed by atoms with Crippen LogP contribution in [-0.4, -0.2) is 25.8 Å². The zero-order valence-corrected chi connectivity index (χ0v) is 14.5. The van der Waals surface area contributed by atoms with E-state index in [0.717, 1.165) is 42.7 Å². The lowest BCUT2D eigenvalue weighted by Crippen LogP contribution is -2.28. The summed E-state index contributed by atoms with van der Waals surface area (Å²) in [5, 5.41) is 11.3. The third-order valence-corrected chi connectivity index (χ3v) is 5.21. The highest BCUT2D eigenvalue weighted by molar-refractivity contribution is 5.92. The van der Waals surface area contributed by atoms with Crippen LogP contribution in [0.2, 0.25) is 0 Å². The number of amides is 1. The van der Waals surface area contributed by atoms with Gasteiger partial charge < -0.3 is 9.84 Å². The summed E-state index contributed by atoms with van der Waals surface area (Å²) >= 11 is 0. The van der Waals surface area contributed by atoms with Crippen LogP contribution >= 0.6 is 0 Å². The van der Waals surface area contributed by atoms with E-state index in [4.69, 9.17) is 4.52 Å². The third kappa shape index (κ3) is 2.60. The van der Waals surface area contributed by atoms with Gasteiger partial charge in [0.15, 0.2) is 0 Å². The standard InChI is InChI=1S/C19H19N5O2/c1-24-16(8-9-20-24)18(25)21-15-7-5-12-10-13(4-6-14(12)15)17-22-19(26-23-17)11-2-3-11/h4,6,8-11,15H,2-3,5,7H2,1H3,(H,21,25)/t15-/m1/s1. The molecule has 1 fully saturated rings. The highest BCUT2D eigenvalue weighted by Gasteiger charge is 2.30. The van der Waals surface area contributed by atoms with Gasteiger partial charge in [0.2, 0.25) is 11.7 Å². The fraction of sp³-hybridized carbons (Fsp3) is 0.368. The number of nitrogens with zero attached hydrogens (tertiary/aromatic N) is 4. The summed E-state index contributed by atoms with van der Waals surface area (Å²) in [5.41, 5.74) is 3.93. The lowest BCUT2D eigenvalue weighted by Gasteiger charge is -2.14. The molecule has 0 aliphatic heterocycles. The molecule has 1 aromatic carbocycles. The van der Waals surface area contributed by atoms with E-state index < -0.39 is 0 Å². The normalized spacial score (nSPS) is 18.7. The van der Waals surface area contributed by atoms with Gasteiger partial charge in [-0.25, -0.2) is 0 Å². The molecular formula is C19H19N5O2.